The Labute approximate surface area is 185 Å². The zero-order chi connectivity index (χ0) is 20.4. The Kier molecular flexibility index (Phi) is 5.91. The summed E-state index contributed by atoms with van der Waals surface area (Å²) >= 11 is 6.86. The van der Waals surface area contributed by atoms with Crippen LogP contribution in [0.15, 0.2) is 54.9 Å². The summed E-state index contributed by atoms with van der Waals surface area (Å²) < 4.78 is 12.8. The summed E-state index contributed by atoms with van der Waals surface area (Å²) in [5, 5.41) is 4.88. The molecule has 4 rings (SSSR count). The number of benzene rings is 2. The molecule has 8 heteroatoms. The lowest BCUT2D eigenvalue weighted by molar-refractivity contribution is 0.0929. The topological polar surface area (TPSA) is 67.1 Å². The normalized spacial score (nSPS) is 14.1. The van der Waals surface area contributed by atoms with Crippen molar-refractivity contribution in [3.63, 3.8) is 0 Å². The SMILES string of the molecule is COc1cc(N2CCCC2)ccc1/C=N\NC(=O)c1cc2cc(Br)cc(Br)c2o1. The van der Waals surface area contributed by atoms with Crippen LogP contribution >= 0.6 is 31.9 Å². The monoisotopic (exact) mass is 519 g/mol. The van der Waals surface area contributed by atoms with E-state index in [1.807, 2.05) is 30.3 Å². The molecule has 0 spiro atoms. The fourth-order valence-electron chi connectivity index (χ4n) is 3.38. The summed E-state index contributed by atoms with van der Waals surface area (Å²) in [6, 6.07) is 11.4. The molecule has 6 nitrogen and oxygen atoms in total. The number of anilines is 1. The highest BCUT2D eigenvalue weighted by Crippen LogP contribution is 2.31. The van der Waals surface area contributed by atoms with E-state index >= 15 is 0 Å². The van der Waals surface area contributed by atoms with Gasteiger partial charge in [0, 0.05) is 40.3 Å². The summed E-state index contributed by atoms with van der Waals surface area (Å²) in [7, 11) is 1.63. The molecule has 1 saturated heterocycles. The molecule has 1 N–H and O–H groups in total. The number of hydrogen-bond donors (Lipinski definition) is 1. The molecule has 0 unspecified atom stereocenters. The number of hydrazone groups is 1. The maximum Gasteiger partial charge on any atom is 0.307 e. The summed E-state index contributed by atoms with van der Waals surface area (Å²) in [6.45, 7) is 2.13. The molecule has 0 bridgehead atoms. The minimum atomic E-state index is -0.423. The van der Waals surface area contributed by atoms with E-state index in [1.165, 1.54) is 12.8 Å². The number of amides is 1. The zero-order valence-corrected chi connectivity index (χ0v) is 18.9. The highest BCUT2D eigenvalue weighted by molar-refractivity contribution is 9.11. The van der Waals surface area contributed by atoms with Gasteiger partial charge < -0.3 is 14.1 Å². The molecule has 0 aliphatic carbocycles. The van der Waals surface area contributed by atoms with Gasteiger partial charge in [0.25, 0.3) is 0 Å². The lowest BCUT2D eigenvalue weighted by Gasteiger charge is -2.18. The van der Waals surface area contributed by atoms with Crippen molar-refractivity contribution in [2.75, 3.05) is 25.1 Å². The van der Waals surface area contributed by atoms with Crippen LogP contribution in [0.3, 0.4) is 0 Å². The average Bonchev–Trinajstić information content (AvgIpc) is 3.38. The highest BCUT2D eigenvalue weighted by atomic mass is 79.9. The molecule has 29 heavy (non-hydrogen) atoms. The van der Waals surface area contributed by atoms with Crippen molar-refractivity contribution in [1.29, 1.82) is 0 Å². The van der Waals surface area contributed by atoms with Crippen LogP contribution in [0.5, 0.6) is 5.75 Å². The molecular weight excluding hydrogens is 502 g/mol. The van der Waals surface area contributed by atoms with Crippen molar-refractivity contribution >= 4 is 60.6 Å². The number of methoxy groups -OCH3 is 1. The molecule has 0 radical (unpaired) electrons. The first-order chi connectivity index (χ1) is 14.0. The standard InChI is InChI=1S/C21H19Br2N3O3/c1-28-18-11-16(26-6-2-3-7-26)5-4-13(18)12-24-25-21(27)19-9-14-8-15(22)10-17(23)20(14)29-19/h4-5,8-12H,2-3,6-7H2,1H3,(H,25,27)/b24-12-. The van der Waals surface area contributed by atoms with Crippen LogP contribution in [0.4, 0.5) is 5.69 Å². The lowest BCUT2D eigenvalue weighted by Crippen LogP contribution is -2.18. The maximum atomic E-state index is 12.4. The first kappa shape index (κ1) is 20.0. The summed E-state index contributed by atoms with van der Waals surface area (Å²) in [5.74, 6) is 0.477. The third kappa shape index (κ3) is 4.33. The van der Waals surface area contributed by atoms with Crippen LogP contribution < -0.4 is 15.1 Å². The molecule has 0 saturated carbocycles. The zero-order valence-electron chi connectivity index (χ0n) is 15.7. The van der Waals surface area contributed by atoms with Gasteiger partial charge in [-0.1, -0.05) is 15.9 Å². The van der Waals surface area contributed by atoms with Gasteiger partial charge in [0.15, 0.2) is 5.76 Å². The van der Waals surface area contributed by atoms with Gasteiger partial charge in [-0.15, -0.1) is 0 Å². The van der Waals surface area contributed by atoms with Gasteiger partial charge in [-0.25, -0.2) is 5.43 Å². The molecule has 1 aliphatic rings. The van der Waals surface area contributed by atoms with Gasteiger partial charge >= 0.3 is 5.91 Å². The largest absolute Gasteiger partial charge is 0.496 e. The number of nitrogens with one attached hydrogen (secondary N) is 1. The molecule has 2 aromatic carbocycles. The van der Waals surface area contributed by atoms with Crippen LogP contribution in [-0.2, 0) is 0 Å². The number of ether oxygens (including phenoxy) is 1. The smallest absolute Gasteiger partial charge is 0.307 e. The highest BCUT2D eigenvalue weighted by Gasteiger charge is 2.15. The summed E-state index contributed by atoms with van der Waals surface area (Å²) in [6.07, 6.45) is 4.00. The van der Waals surface area contributed by atoms with E-state index in [9.17, 15) is 4.79 Å². The van der Waals surface area contributed by atoms with E-state index < -0.39 is 5.91 Å². The van der Waals surface area contributed by atoms with Gasteiger partial charge in [-0.05, 0) is 59.1 Å². The van der Waals surface area contributed by atoms with Gasteiger partial charge in [-0.2, -0.15) is 5.10 Å². The molecule has 1 aromatic heterocycles. The first-order valence-corrected chi connectivity index (χ1v) is 10.8. The molecule has 1 aliphatic heterocycles. The molecule has 150 valence electrons. The predicted molar refractivity (Wildman–Crippen MR) is 121 cm³/mol. The number of halogens is 2. The van der Waals surface area contributed by atoms with Crippen LogP contribution in [0.2, 0.25) is 0 Å². The fraction of sp³-hybridized carbons (Fsp3) is 0.238. The summed E-state index contributed by atoms with van der Waals surface area (Å²) in [5.41, 5.74) is 5.04. The Bertz CT molecular complexity index is 1090. The molecule has 3 aromatic rings. The Morgan fingerprint density at radius 2 is 2.00 bits per heavy atom. The Morgan fingerprint density at radius 3 is 2.76 bits per heavy atom. The number of hydrogen-bond acceptors (Lipinski definition) is 5. The number of nitrogens with zero attached hydrogens (tertiary/aromatic N) is 2. The molecule has 1 amide bonds. The molecule has 2 heterocycles. The van der Waals surface area contributed by atoms with Crippen molar-refractivity contribution in [2.45, 2.75) is 12.8 Å². The van der Waals surface area contributed by atoms with Crippen LogP contribution in [0.1, 0.15) is 29.0 Å². The predicted octanol–water partition coefficient (Wildman–Crippen LogP) is 5.33. The third-order valence-corrected chi connectivity index (χ3v) is 5.86. The number of fused-ring (bicyclic) bond motifs is 1. The minimum absolute atomic E-state index is 0.187. The number of furan rings is 1. The number of carbonyl (C=O) groups is 1. The van der Waals surface area contributed by atoms with Crippen molar-refractivity contribution < 1.29 is 13.9 Å². The number of rotatable bonds is 5. The van der Waals surface area contributed by atoms with Crippen LogP contribution in [0, 0.1) is 0 Å². The molecule has 0 atom stereocenters. The fourth-order valence-corrected chi connectivity index (χ4v) is 4.72. The van der Waals surface area contributed by atoms with Gasteiger partial charge in [0.05, 0.1) is 17.8 Å². The van der Waals surface area contributed by atoms with E-state index in [1.54, 1.807) is 19.4 Å². The minimum Gasteiger partial charge on any atom is -0.496 e. The Balaban J connectivity index is 1.48. The van der Waals surface area contributed by atoms with Crippen molar-refractivity contribution in [3.05, 3.63) is 56.7 Å². The molecule has 1 fully saturated rings. The molecular formula is C21H19Br2N3O3. The average molecular weight is 521 g/mol. The van der Waals surface area contributed by atoms with E-state index in [4.69, 9.17) is 9.15 Å². The Morgan fingerprint density at radius 1 is 1.21 bits per heavy atom. The van der Waals surface area contributed by atoms with E-state index in [-0.39, 0.29) is 5.76 Å². The van der Waals surface area contributed by atoms with Crippen LogP contribution in [-0.4, -0.2) is 32.3 Å². The van der Waals surface area contributed by atoms with E-state index in [2.05, 4.69) is 47.3 Å². The van der Waals surface area contributed by atoms with E-state index in [0.29, 0.717) is 11.3 Å². The quantitative estimate of drug-likeness (QED) is 0.364. The van der Waals surface area contributed by atoms with Crippen molar-refractivity contribution in [1.82, 2.24) is 5.43 Å². The summed E-state index contributed by atoms with van der Waals surface area (Å²) in [4.78, 5) is 14.7. The Hall–Kier alpha value is -2.32. The third-order valence-electron chi connectivity index (χ3n) is 4.82. The maximum absolute atomic E-state index is 12.4. The second kappa shape index (κ2) is 8.59. The lowest BCUT2D eigenvalue weighted by atomic mass is 10.2. The van der Waals surface area contributed by atoms with Crippen molar-refractivity contribution in [3.8, 4) is 5.75 Å². The van der Waals surface area contributed by atoms with Gasteiger partial charge in [0.2, 0.25) is 0 Å². The van der Waals surface area contributed by atoms with Gasteiger partial charge in [0.1, 0.15) is 11.3 Å². The van der Waals surface area contributed by atoms with Gasteiger partial charge in [-0.3, -0.25) is 4.79 Å². The van der Waals surface area contributed by atoms with Crippen LogP contribution in [0.25, 0.3) is 11.0 Å². The second-order valence-corrected chi connectivity index (χ2v) is 8.51. The second-order valence-electron chi connectivity index (χ2n) is 6.74. The first-order valence-electron chi connectivity index (χ1n) is 9.20. The van der Waals surface area contributed by atoms with E-state index in [0.717, 1.165) is 38.7 Å². The number of carbonyl (C=O) groups excluding carboxylic acids is 1. The van der Waals surface area contributed by atoms with Crippen molar-refractivity contribution in [2.24, 2.45) is 5.10 Å².